The lowest BCUT2D eigenvalue weighted by molar-refractivity contribution is 0.199. The van der Waals surface area contributed by atoms with Crippen molar-refractivity contribution in [3.05, 3.63) is 40.5 Å². The molecular formula is C16H20ClN3. The molecule has 2 aromatic rings. The summed E-state index contributed by atoms with van der Waals surface area (Å²) in [6.45, 7) is 8.33. The summed E-state index contributed by atoms with van der Waals surface area (Å²) >= 11 is 6.36. The normalized spacial score (nSPS) is 20.4. The van der Waals surface area contributed by atoms with Crippen LogP contribution in [0.1, 0.15) is 18.1 Å². The van der Waals surface area contributed by atoms with E-state index in [-0.39, 0.29) is 0 Å². The van der Waals surface area contributed by atoms with Crippen molar-refractivity contribution in [2.75, 3.05) is 19.6 Å². The average Bonchev–Trinajstić information content (AvgIpc) is 2.40. The minimum Gasteiger partial charge on any atom is -0.312 e. The number of benzene rings is 1. The van der Waals surface area contributed by atoms with Crippen molar-refractivity contribution in [3.8, 4) is 0 Å². The Morgan fingerprint density at radius 2 is 2.25 bits per heavy atom. The number of hydrogen-bond acceptors (Lipinski definition) is 3. The van der Waals surface area contributed by atoms with E-state index in [2.05, 4.69) is 53.3 Å². The van der Waals surface area contributed by atoms with Crippen molar-refractivity contribution in [1.29, 1.82) is 0 Å². The Hall–Kier alpha value is -1.16. The fourth-order valence-corrected chi connectivity index (χ4v) is 3.01. The summed E-state index contributed by atoms with van der Waals surface area (Å²) in [5, 5.41) is 5.26. The van der Waals surface area contributed by atoms with Gasteiger partial charge in [-0.15, -0.1) is 0 Å². The third-order valence-electron chi connectivity index (χ3n) is 3.85. The van der Waals surface area contributed by atoms with Crippen LogP contribution in [0.4, 0.5) is 0 Å². The summed E-state index contributed by atoms with van der Waals surface area (Å²) in [6, 6.07) is 9.04. The van der Waals surface area contributed by atoms with Crippen molar-refractivity contribution >= 4 is 22.5 Å². The van der Waals surface area contributed by atoms with E-state index in [1.165, 1.54) is 5.56 Å². The molecule has 1 unspecified atom stereocenters. The number of pyridine rings is 1. The number of rotatable bonds is 2. The van der Waals surface area contributed by atoms with Crippen LogP contribution < -0.4 is 5.32 Å². The van der Waals surface area contributed by atoms with E-state index >= 15 is 0 Å². The molecular weight excluding hydrogens is 270 g/mol. The van der Waals surface area contributed by atoms with Gasteiger partial charge in [-0.3, -0.25) is 4.90 Å². The van der Waals surface area contributed by atoms with Crippen molar-refractivity contribution < 1.29 is 0 Å². The van der Waals surface area contributed by atoms with Crippen molar-refractivity contribution in [1.82, 2.24) is 15.2 Å². The molecule has 0 amide bonds. The van der Waals surface area contributed by atoms with Crippen LogP contribution in [0.2, 0.25) is 5.15 Å². The maximum Gasteiger partial charge on any atom is 0.134 e. The van der Waals surface area contributed by atoms with Gasteiger partial charge < -0.3 is 5.32 Å². The fraction of sp³-hybridized carbons (Fsp3) is 0.438. The maximum absolute atomic E-state index is 6.36. The van der Waals surface area contributed by atoms with Gasteiger partial charge in [-0.05, 0) is 31.5 Å². The number of hydrogen-bond donors (Lipinski definition) is 1. The Bertz CT molecular complexity index is 626. The lowest BCUT2D eigenvalue weighted by Crippen LogP contribution is -2.48. The Balaban J connectivity index is 1.87. The molecule has 0 aliphatic carbocycles. The van der Waals surface area contributed by atoms with Crippen molar-refractivity contribution in [3.63, 3.8) is 0 Å². The molecule has 1 aliphatic heterocycles. The molecule has 1 aromatic carbocycles. The highest BCUT2D eigenvalue weighted by molar-refractivity contribution is 6.30. The Morgan fingerprint density at radius 3 is 3.05 bits per heavy atom. The highest BCUT2D eigenvalue weighted by atomic mass is 35.5. The van der Waals surface area contributed by atoms with Gasteiger partial charge in [-0.1, -0.05) is 23.7 Å². The van der Waals surface area contributed by atoms with Gasteiger partial charge in [-0.25, -0.2) is 4.98 Å². The second-order valence-corrected chi connectivity index (χ2v) is 6.08. The standard InChI is InChI=1S/C16H20ClN3/c1-11-3-4-13-8-14(16(17)19-15(13)7-11)10-20-6-5-18-12(2)9-20/h3-4,7-8,12,18H,5-6,9-10H2,1-2H3. The van der Waals surface area contributed by atoms with Gasteiger partial charge in [0.1, 0.15) is 5.15 Å². The first-order valence-corrected chi connectivity index (χ1v) is 7.51. The Morgan fingerprint density at radius 1 is 1.40 bits per heavy atom. The van der Waals surface area contributed by atoms with Gasteiger partial charge in [0, 0.05) is 43.2 Å². The molecule has 0 radical (unpaired) electrons. The van der Waals surface area contributed by atoms with Crippen LogP contribution in [0.15, 0.2) is 24.3 Å². The van der Waals surface area contributed by atoms with Crippen LogP contribution in [-0.4, -0.2) is 35.6 Å². The molecule has 1 saturated heterocycles. The minimum atomic E-state index is 0.540. The molecule has 3 nitrogen and oxygen atoms in total. The van der Waals surface area contributed by atoms with E-state index in [9.17, 15) is 0 Å². The zero-order chi connectivity index (χ0) is 14.1. The van der Waals surface area contributed by atoms with Crippen LogP contribution >= 0.6 is 11.6 Å². The summed E-state index contributed by atoms with van der Waals surface area (Å²) in [5.41, 5.74) is 3.31. The largest absolute Gasteiger partial charge is 0.312 e. The van der Waals surface area contributed by atoms with Crippen LogP contribution in [0.3, 0.4) is 0 Å². The average molecular weight is 290 g/mol. The Kier molecular flexibility index (Phi) is 3.92. The fourth-order valence-electron chi connectivity index (χ4n) is 2.80. The number of aromatic nitrogens is 1. The number of nitrogens with zero attached hydrogens (tertiary/aromatic N) is 2. The van der Waals surface area contributed by atoms with Crippen molar-refractivity contribution in [2.24, 2.45) is 0 Å². The van der Waals surface area contributed by atoms with E-state index in [1.54, 1.807) is 0 Å². The highest BCUT2D eigenvalue weighted by Crippen LogP contribution is 2.23. The van der Waals surface area contributed by atoms with E-state index in [0.717, 1.165) is 42.6 Å². The topological polar surface area (TPSA) is 28.2 Å². The summed E-state index contributed by atoms with van der Waals surface area (Å²) < 4.78 is 0. The quantitative estimate of drug-likeness (QED) is 0.862. The third-order valence-corrected chi connectivity index (χ3v) is 4.17. The van der Waals surface area contributed by atoms with Gasteiger partial charge in [-0.2, -0.15) is 0 Å². The number of fused-ring (bicyclic) bond motifs is 1. The monoisotopic (exact) mass is 289 g/mol. The van der Waals surface area contributed by atoms with Crippen LogP contribution in [-0.2, 0) is 6.54 Å². The number of piperazine rings is 1. The second-order valence-electron chi connectivity index (χ2n) is 5.72. The second kappa shape index (κ2) is 5.68. The molecule has 3 rings (SSSR count). The lowest BCUT2D eigenvalue weighted by atomic mass is 10.1. The van der Waals surface area contributed by atoms with Crippen LogP contribution in [0, 0.1) is 6.92 Å². The molecule has 0 spiro atoms. The molecule has 0 bridgehead atoms. The molecule has 1 fully saturated rings. The van der Waals surface area contributed by atoms with Crippen molar-refractivity contribution in [2.45, 2.75) is 26.4 Å². The molecule has 4 heteroatoms. The number of nitrogens with one attached hydrogen (secondary N) is 1. The highest BCUT2D eigenvalue weighted by Gasteiger charge is 2.17. The van der Waals surface area contributed by atoms with Gasteiger partial charge in [0.25, 0.3) is 0 Å². The zero-order valence-electron chi connectivity index (χ0n) is 12.0. The predicted molar refractivity (Wildman–Crippen MR) is 84.2 cm³/mol. The zero-order valence-corrected chi connectivity index (χ0v) is 12.7. The predicted octanol–water partition coefficient (Wildman–Crippen LogP) is 2.99. The first kappa shape index (κ1) is 13.8. The molecule has 1 N–H and O–H groups in total. The minimum absolute atomic E-state index is 0.540. The lowest BCUT2D eigenvalue weighted by Gasteiger charge is -2.31. The van der Waals surface area contributed by atoms with Gasteiger partial charge >= 0.3 is 0 Å². The van der Waals surface area contributed by atoms with Crippen LogP contribution in [0.25, 0.3) is 10.9 Å². The van der Waals surface area contributed by atoms with Gasteiger partial charge in [0.05, 0.1) is 5.52 Å². The molecule has 1 atom stereocenters. The van der Waals surface area contributed by atoms with E-state index in [1.807, 2.05) is 0 Å². The molecule has 2 heterocycles. The molecule has 0 saturated carbocycles. The summed E-state index contributed by atoms with van der Waals surface area (Å²) in [5.74, 6) is 0. The van der Waals surface area contributed by atoms with E-state index in [4.69, 9.17) is 11.6 Å². The summed E-state index contributed by atoms with van der Waals surface area (Å²) in [7, 11) is 0. The smallest absolute Gasteiger partial charge is 0.134 e. The van der Waals surface area contributed by atoms with Gasteiger partial charge in [0.15, 0.2) is 0 Å². The first-order valence-electron chi connectivity index (χ1n) is 7.13. The van der Waals surface area contributed by atoms with E-state index in [0.29, 0.717) is 11.2 Å². The maximum atomic E-state index is 6.36. The summed E-state index contributed by atoms with van der Waals surface area (Å²) in [4.78, 5) is 6.98. The first-order chi connectivity index (χ1) is 9.61. The van der Waals surface area contributed by atoms with Gasteiger partial charge in [0.2, 0.25) is 0 Å². The number of halogens is 1. The number of aryl methyl sites for hydroxylation is 1. The Labute approximate surface area is 124 Å². The SMILES string of the molecule is Cc1ccc2cc(CN3CCNC(C)C3)c(Cl)nc2c1. The van der Waals surface area contributed by atoms with Crippen LogP contribution in [0.5, 0.6) is 0 Å². The molecule has 1 aromatic heterocycles. The third kappa shape index (κ3) is 2.95. The molecule has 106 valence electrons. The summed E-state index contributed by atoms with van der Waals surface area (Å²) in [6.07, 6.45) is 0. The van der Waals surface area contributed by atoms with E-state index < -0.39 is 0 Å². The molecule has 20 heavy (non-hydrogen) atoms. The molecule has 1 aliphatic rings.